The van der Waals surface area contributed by atoms with E-state index in [1.807, 2.05) is 48.5 Å². The molecular formula is C46H44FN5O9. The molecule has 0 unspecified atom stereocenters. The molecule has 4 N–H and O–H groups in total. The van der Waals surface area contributed by atoms with E-state index in [4.69, 9.17) is 19.2 Å². The standard InChI is InChI=1S/C46H44FN5O9/c1-4-46(58)33-16-37-42-30(19-52(37)43(55)32(33)21-59-44(46)56)41-35(14-13-25-24(3)34(47)17-36(51-42)40(25)41)50-38(53)15-23(2)61-22-49-39(54)18-48-45(57)60-20-31-28-11-7-5-9-26(28)27-10-6-8-12-29(27)31/h5-12,16-17,23,31,35,58H,4,13-15,18-22H2,1-3H3,(H,48,57)(H,49,54)(H,50,53)/t23-,35-,46-/m0/s1. The van der Waals surface area contributed by atoms with Gasteiger partial charge in [0.15, 0.2) is 5.60 Å². The summed E-state index contributed by atoms with van der Waals surface area (Å²) in [6.07, 6.45) is -0.465. The lowest BCUT2D eigenvalue weighted by Crippen LogP contribution is -2.44. The van der Waals surface area contributed by atoms with Gasteiger partial charge in [-0.05, 0) is 78.1 Å². The number of fused-ring (bicyclic) bond motifs is 8. The minimum Gasteiger partial charge on any atom is -0.458 e. The van der Waals surface area contributed by atoms with Crippen LogP contribution >= 0.6 is 0 Å². The second-order valence-electron chi connectivity index (χ2n) is 16.1. The molecule has 0 saturated heterocycles. The Labute approximate surface area is 349 Å². The maximum absolute atomic E-state index is 15.3. The number of benzene rings is 3. The number of aliphatic hydroxyl groups is 1. The quantitative estimate of drug-likeness (QED) is 0.102. The van der Waals surface area contributed by atoms with Crippen molar-refractivity contribution in [2.45, 2.75) is 83.3 Å². The number of aryl methyl sites for hydroxylation is 1. The van der Waals surface area contributed by atoms with Crippen molar-refractivity contribution in [1.29, 1.82) is 0 Å². The molecule has 4 heterocycles. The smallest absolute Gasteiger partial charge is 0.407 e. The number of pyridine rings is 2. The van der Waals surface area contributed by atoms with Gasteiger partial charge in [-0.1, -0.05) is 55.5 Å². The molecule has 0 spiro atoms. The molecule has 61 heavy (non-hydrogen) atoms. The third kappa shape index (κ3) is 6.81. The average Bonchev–Trinajstić information content (AvgIpc) is 3.78. The number of nitrogens with one attached hydrogen (secondary N) is 3. The number of alkyl carbamates (subject to hydrolysis) is 1. The number of rotatable bonds is 11. The highest BCUT2D eigenvalue weighted by molar-refractivity contribution is 5.94. The van der Waals surface area contributed by atoms with Crippen LogP contribution in [0.2, 0.25) is 0 Å². The molecular weight excluding hydrogens is 786 g/mol. The van der Waals surface area contributed by atoms with E-state index in [0.29, 0.717) is 40.9 Å². The fourth-order valence-corrected chi connectivity index (χ4v) is 9.40. The molecule has 2 aromatic heterocycles. The number of carbonyl (C=O) groups is 4. The van der Waals surface area contributed by atoms with Crippen LogP contribution in [-0.4, -0.2) is 64.5 Å². The van der Waals surface area contributed by atoms with Gasteiger partial charge in [-0.15, -0.1) is 0 Å². The van der Waals surface area contributed by atoms with Gasteiger partial charge in [0.1, 0.15) is 32.3 Å². The Bertz CT molecular complexity index is 2710. The van der Waals surface area contributed by atoms with E-state index in [9.17, 15) is 29.1 Å². The minimum atomic E-state index is -2.01. The number of carbonyl (C=O) groups excluding carboxylic acids is 4. The summed E-state index contributed by atoms with van der Waals surface area (Å²) in [4.78, 5) is 70.1. The molecule has 3 atom stereocenters. The van der Waals surface area contributed by atoms with Gasteiger partial charge >= 0.3 is 12.1 Å². The number of aromatic nitrogens is 2. The molecule has 0 bridgehead atoms. The first-order valence-corrected chi connectivity index (χ1v) is 20.5. The number of esters is 1. The van der Waals surface area contributed by atoms with Crippen LogP contribution in [0.3, 0.4) is 0 Å². The fourth-order valence-electron chi connectivity index (χ4n) is 9.40. The van der Waals surface area contributed by atoms with Gasteiger partial charge in [-0.3, -0.25) is 14.4 Å². The van der Waals surface area contributed by atoms with Crippen LogP contribution in [0.1, 0.15) is 89.6 Å². The lowest BCUT2D eigenvalue weighted by molar-refractivity contribution is -0.172. The van der Waals surface area contributed by atoms with E-state index in [-0.39, 0.29) is 68.8 Å². The Balaban J connectivity index is 0.829. The second kappa shape index (κ2) is 15.5. The third-order valence-corrected chi connectivity index (χ3v) is 12.6. The summed E-state index contributed by atoms with van der Waals surface area (Å²) in [7, 11) is 0. The van der Waals surface area contributed by atoms with Crippen LogP contribution in [-0.2, 0) is 53.8 Å². The van der Waals surface area contributed by atoms with Gasteiger partial charge in [0.2, 0.25) is 11.8 Å². The van der Waals surface area contributed by atoms with E-state index in [1.165, 1.54) is 10.6 Å². The zero-order valence-electron chi connectivity index (χ0n) is 33.9. The van der Waals surface area contributed by atoms with Crippen molar-refractivity contribution in [3.8, 4) is 22.5 Å². The molecule has 15 heteroatoms. The van der Waals surface area contributed by atoms with Crippen molar-refractivity contribution in [2.24, 2.45) is 0 Å². The molecule has 2 aliphatic carbocycles. The summed E-state index contributed by atoms with van der Waals surface area (Å²) in [5, 5.41) is 20.2. The maximum atomic E-state index is 15.3. The Morgan fingerprint density at radius 3 is 2.46 bits per heavy atom. The summed E-state index contributed by atoms with van der Waals surface area (Å²) in [5.41, 5.74) is 6.16. The summed E-state index contributed by atoms with van der Waals surface area (Å²) in [6.45, 7) is 4.45. The van der Waals surface area contributed by atoms with Gasteiger partial charge < -0.3 is 39.8 Å². The molecule has 4 aliphatic rings. The maximum Gasteiger partial charge on any atom is 0.407 e. The predicted molar refractivity (Wildman–Crippen MR) is 220 cm³/mol. The van der Waals surface area contributed by atoms with E-state index >= 15 is 4.39 Å². The number of hydrogen-bond donors (Lipinski definition) is 4. The number of cyclic esters (lactones) is 1. The zero-order chi connectivity index (χ0) is 42.7. The lowest BCUT2D eigenvalue weighted by Gasteiger charge is -2.31. The van der Waals surface area contributed by atoms with Gasteiger partial charge in [0.05, 0.1) is 47.6 Å². The van der Waals surface area contributed by atoms with E-state index in [2.05, 4.69) is 16.0 Å². The van der Waals surface area contributed by atoms with Crippen LogP contribution in [0.4, 0.5) is 9.18 Å². The van der Waals surface area contributed by atoms with Gasteiger partial charge in [-0.2, -0.15) is 0 Å². The number of hydrogen-bond acceptors (Lipinski definition) is 10. The average molecular weight is 830 g/mol. The monoisotopic (exact) mass is 829 g/mol. The SMILES string of the molecule is CC[C@@]1(O)C(=O)OCc2c1cc1n(c2=O)Cc2c-1nc1cc(F)c(C)c3c1c2[C@@H](NC(=O)C[C@H](C)OCNC(=O)CNC(=O)OCC1c2ccccc2-c2ccccc21)CC3. The van der Waals surface area contributed by atoms with Crippen LogP contribution < -0.4 is 21.5 Å². The molecule has 5 aromatic rings. The highest BCUT2D eigenvalue weighted by Gasteiger charge is 2.46. The molecule has 0 fully saturated rings. The Morgan fingerprint density at radius 1 is 1.02 bits per heavy atom. The topological polar surface area (TPSA) is 187 Å². The van der Waals surface area contributed by atoms with Crippen molar-refractivity contribution in [3.05, 3.63) is 121 Å². The van der Waals surface area contributed by atoms with Crippen molar-refractivity contribution < 1.29 is 42.9 Å². The third-order valence-electron chi connectivity index (χ3n) is 12.6. The van der Waals surface area contributed by atoms with Crippen LogP contribution in [0.15, 0.2) is 65.5 Å². The first-order valence-electron chi connectivity index (χ1n) is 20.5. The molecule has 314 valence electrons. The summed E-state index contributed by atoms with van der Waals surface area (Å²) in [5.74, 6) is -2.20. The number of nitrogens with zero attached hydrogens (tertiary/aromatic N) is 2. The molecule has 0 radical (unpaired) electrons. The largest absolute Gasteiger partial charge is 0.458 e. The van der Waals surface area contributed by atoms with Gasteiger partial charge in [0, 0.05) is 28.5 Å². The zero-order valence-corrected chi connectivity index (χ0v) is 33.9. The normalized spacial score (nSPS) is 18.6. The molecule has 9 rings (SSSR count). The first-order chi connectivity index (χ1) is 29.4. The van der Waals surface area contributed by atoms with Crippen LogP contribution in [0.5, 0.6) is 0 Å². The second-order valence-corrected chi connectivity index (χ2v) is 16.1. The first kappa shape index (κ1) is 40.0. The minimum absolute atomic E-state index is 0.0116. The van der Waals surface area contributed by atoms with E-state index in [1.54, 1.807) is 26.8 Å². The summed E-state index contributed by atoms with van der Waals surface area (Å²) < 4.78 is 33.3. The highest BCUT2D eigenvalue weighted by Crippen LogP contribution is 2.47. The Kier molecular flexibility index (Phi) is 10.2. The van der Waals surface area contributed by atoms with Crippen molar-refractivity contribution in [2.75, 3.05) is 19.9 Å². The molecule has 14 nitrogen and oxygen atoms in total. The van der Waals surface area contributed by atoms with Crippen LogP contribution in [0, 0.1) is 12.7 Å². The van der Waals surface area contributed by atoms with E-state index < -0.39 is 47.1 Å². The van der Waals surface area contributed by atoms with Gasteiger partial charge in [0.25, 0.3) is 5.56 Å². The summed E-state index contributed by atoms with van der Waals surface area (Å²) >= 11 is 0. The number of halogens is 1. The Hall–Kier alpha value is -6.45. The van der Waals surface area contributed by atoms with Crippen molar-refractivity contribution in [3.63, 3.8) is 0 Å². The van der Waals surface area contributed by atoms with Crippen molar-refractivity contribution in [1.82, 2.24) is 25.5 Å². The molecule has 2 aliphatic heterocycles. The van der Waals surface area contributed by atoms with Gasteiger partial charge in [-0.25, -0.2) is 19.0 Å². The number of ether oxygens (including phenoxy) is 3. The highest BCUT2D eigenvalue weighted by atomic mass is 19.1. The lowest BCUT2D eigenvalue weighted by atomic mass is 9.81. The molecule has 3 aromatic carbocycles. The molecule has 3 amide bonds. The Morgan fingerprint density at radius 2 is 1.74 bits per heavy atom. The number of amides is 3. The predicted octanol–water partition coefficient (Wildman–Crippen LogP) is 5.04. The van der Waals surface area contributed by atoms with Crippen molar-refractivity contribution >= 4 is 34.8 Å². The van der Waals surface area contributed by atoms with Crippen LogP contribution in [0.25, 0.3) is 33.4 Å². The van der Waals surface area contributed by atoms with E-state index in [0.717, 1.165) is 38.8 Å². The molecule has 0 saturated carbocycles. The fraction of sp³-hybridized carbons (Fsp3) is 0.348. The summed E-state index contributed by atoms with van der Waals surface area (Å²) in [6, 6.07) is 18.4.